The summed E-state index contributed by atoms with van der Waals surface area (Å²) in [7, 11) is 0. The zero-order chi connectivity index (χ0) is 6.85. The fourth-order valence-electron chi connectivity index (χ4n) is 0.945. The van der Waals surface area contributed by atoms with Gasteiger partial charge in [0.25, 0.3) is 0 Å². The highest BCUT2D eigenvalue weighted by atomic mass is 16.5. The van der Waals surface area contributed by atoms with Gasteiger partial charge in [-0.25, -0.2) is 0 Å². The van der Waals surface area contributed by atoms with Crippen molar-refractivity contribution >= 4 is 5.97 Å². The smallest absolute Gasteiger partial charge is 0.306 e. The van der Waals surface area contributed by atoms with Gasteiger partial charge in [0.1, 0.15) is 6.10 Å². The first-order chi connectivity index (χ1) is 4.24. The van der Waals surface area contributed by atoms with Gasteiger partial charge in [0.05, 0.1) is 6.42 Å². The maximum Gasteiger partial charge on any atom is 0.306 e. The zero-order valence-electron chi connectivity index (χ0n) is 5.33. The van der Waals surface area contributed by atoms with Crippen molar-refractivity contribution in [2.45, 2.75) is 19.4 Å². The second kappa shape index (κ2) is 2.35. The van der Waals surface area contributed by atoms with E-state index in [9.17, 15) is 4.79 Å². The van der Waals surface area contributed by atoms with Crippen LogP contribution in [-0.2, 0) is 9.53 Å². The van der Waals surface area contributed by atoms with Gasteiger partial charge in [0.15, 0.2) is 0 Å². The average Bonchev–Trinajstić information content (AvgIpc) is 2.10. The molecule has 0 aromatic heterocycles. The van der Waals surface area contributed by atoms with Gasteiger partial charge in [-0.05, 0) is 6.92 Å². The summed E-state index contributed by atoms with van der Waals surface area (Å²) in [5.74, 6) is -0.168. The molecule has 52 valence electrons. The number of aliphatic hydroxyl groups excluding tert-OH is 1. The first-order valence-electron chi connectivity index (χ1n) is 3.04. The molecule has 0 unspecified atom stereocenters. The topological polar surface area (TPSA) is 46.5 Å². The Kier molecular flexibility index (Phi) is 1.71. The number of carbonyl (C=O) groups is 1. The van der Waals surface area contributed by atoms with Crippen molar-refractivity contribution in [2.24, 2.45) is 5.92 Å². The number of cyclic esters (lactones) is 1. The summed E-state index contributed by atoms with van der Waals surface area (Å²) in [6.07, 6.45) is 0.278. The largest absolute Gasteiger partial charge is 0.462 e. The van der Waals surface area contributed by atoms with Crippen LogP contribution in [-0.4, -0.2) is 23.8 Å². The highest BCUT2D eigenvalue weighted by molar-refractivity contribution is 5.72. The summed E-state index contributed by atoms with van der Waals surface area (Å²) in [6.45, 7) is 1.85. The quantitative estimate of drug-likeness (QED) is 0.505. The number of hydrogen-bond donors (Lipinski definition) is 1. The maximum absolute atomic E-state index is 10.5. The highest BCUT2D eigenvalue weighted by Gasteiger charge is 2.30. The molecule has 3 heteroatoms. The second-order valence-corrected chi connectivity index (χ2v) is 2.34. The van der Waals surface area contributed by atoms with E-state index in [0.29, 0.717) is 6.42 Å². The molecule has 0 aromatic rings. The molecule has 1 N–H and O–H groups in total. The summed E-state index contributed by atoms with van der Waals surface area (Å²) in [5, 5.41) is 8.62. The summed E-state index contributed by atoms with van der Waals surface area (Å²) < 4.78 is 4.77. The van der Waals surface area contributed by atoms with Crippen LogP contribution < -0.4 is 0 Å². The molecule has 1 heterocycles. The minimum absolute atomic E-state index is 0.0255. The van der Waals surface area contributed by atoms with Gasteiger partial charge in [-0.2, -0.15) is 0 Å². The van der Waals surface area contributed by atoms with Crippen molar-refractivity contribution in [1.82, 2.24) is 0 Å². The van der Waals surface area contributed by atoms with Gasteiger partial charge in [-0.3, -0.25) is 4.79 Å². The Morgan fingerprint density at radius 3 is 2.78 bits per heavy atom. The molecule has 0 spiro atoms. The van der Waals surface area contributed by atoms with Crippen LogP contribution in [0.2, 0.25) is 0 Å². The van der Waals surface area contributed by atoms with Crippen LogP contribution in [0.1, 0.15) is 13.3 Å². The third-order valence-electron chi connectivity index (χ3n) is 1.64. The van der Waals surface area contributed by atoms with E-state index < -0.39 is 0 Å². The van der Waals surface area contributed by atoms with Gasteiger partial charge >= 0.3 is 5.97 Å². The summed E-state index contributed by atoms with van der Waals surface area (Å²) >= 11 is 0. The van der Waals surface area contributed by atoms with E-state index in [1.807, 2.05) is 0 Å². The molecule has 0 amide bonds. The number of ether oxygens (including phenoxy) is 1. The monoisotopic (exact) mass is 130 g/mol. The molecule has 1 saturated heterocycles. The standard InChI is InChI=1S/C6H10O3/c1-4-5(3-7)2-6(8)9-4/h4-5,7H,2-3H2,1H3/t4-,5-/m0/s1. The molecule has 1 aliphatic heterocycles. The minimum Gasteiger partial charge on any atom is -0.462 e. The molecule has 3 nitrogen and oxygen atoms in total. The van der Waals surface area contributed by atoms with E-state index in [1.165, 1.54) is 0 Å². The van der Waals surface area contributed by atoms with E-state index in [-0.39, 0.29) is 24.6 Å². The lowest BCUT2D eigenvalue weighted by Crippen LogP contribution is -2.14. The lowest BCUT2D eigenvalue weighted by atomic mass is 10.0. The summed E-state index contributed by atoms with van der Waals surface area (Å²) in [6, 6.07) is 0. The van der Waals surface area contributed by atoms with Crippen molar-refractivity contribution in [3.8, 4) is 0 Å². The van der Waals surface area contributed by atoms with Crippen molar-refractivity contribution in [3.63, 3.8) is 0 Å². The first-order valence-corrected chi connectivity index (χ1v) is 3.04. The molecule has 0 radical (unpaired) electrons. The van der Waals surface area contributed by atoms with Crippen molar-refractivity contribution < 1.29 is 14.6 Å². The van der Waals surface area contributed by atoms with E-state index in [1.54, 1.807) is 6.92 Å². The summed E-state index contributed by atoms with van der Waals surface area (Å²) in [5.41, 5.74) is 0. The van der Waals surface area contributed by atoms with Gasteiger partial charge < -0.3 is 9.84 Å². The van der Waals surface area contributed by atoms with Crippen LogP contribution in [0.15, 0.2) is 0 Å². The third-order valence-corrected chi connectivity index (χ3v) is 1.64. The first kappa shape index (κ1) is 6.55. The molecular formula is C6H10O3. The number of aliphatic hydroxyl groups is 1. The van der Waals surface area contributed by atoms with Crippen molar-refractivity contribution in [2.75, 3.05) is 6.61 Å². The number of hydrogen-bond acceptors (Lipinski definition) is 3. The lowest BCUT2D eigenvalue weighted by Gasteiger charge is -2.07. The molecule has 2 atom stereocenters. The molecule has 1 aliphatic rings. The predicted octanol–water partition coefficient (Wildman–Crippen LogP) is -0.0697. The van der Waals surface area contributed by atoms with Gasteiger partial charge in [0, 0.05) is 12.5 Å². The molecule has 0 aromatic carbocycles. The Bertz CT molecular complexity index is 121. The maximum atomic E-state index is 10.5. The Morgan fingerprint density at radius 1 is 1.89 bits per heavy atom. The van der Waals surface area contributed by atoms with Crippen LogP contribution in [0, 0.1) is 5.92 Å². The Balaban J connectivity index is 2.47. The van der Waals surface area contributed by atoms with Crippen LogP contribution in [0.4, 0.5) is 0 Å². The lowest BCUT2D eigenvalue weighted by molar-refractivity contribution is -0.140. The fraction of sp³-hybridized carbons (Fsp3) is 0.833. The SMILES string of the molecule is C[C@@H]1OC(=O)C[C@H]1CO. The molecule has 0 bridgehead atoms. The highest BCUT2D eigenvalue weighted by Crippen LogP contribution is 2.20. The Labute approximate surface area is 53.6 Å². The summed E-state index contributed by atoms with van der Waals surface area (Å²) in [4.78, 5) is 10.5. The fourth-order valence-corrected chi connectivity index (χ4v) is 0.945. The third kappa shape index (κ3) is 1.21. The second-order valence-electron chi connectivity index (χ2n) is 2.34. The van der Waals surface area contributed by atoms with E-state index in [2.05, 4.69) is 0 Å². The van der Waals surface area contributed by atoms with Crippen LogP contribution >= 0.6 is 0 Å². The van der Waals surface area contributed by atoms with Gasteiger partial charge in [-0.15, -0.1) is 0 Å². The number of carbonyl (C=O) groups excluding carboxylic acids is 1. The number of rotatable bonds is 1. The van der Waals surface area contributed by atoms with Crippen molar-refractivity contribution in [3.05, 3.63) is 0 Å². The number of esters is 1. The van der Waals surface area contributed by atoms with Crippen LogP contribution in [0.25, 0.3) is 0 Å². The van der Waals surface area contributed by atoms with E-state index in [4.69, 9.17) is 9.84 Å². The van der Waals surface area contributed by atoms with Gasteiger partial charge in [-0.1, -0.05) is 0 Å². The van der Waals surface area contributed by atoms with E-state index in [0.717, 1.165) is 0 Å². The normalized spacial score (nSPS) is 34.7. The molecule has 9 heavy (non-hydrogen) atoms. The predicted molar refractivity (Wildman–Crippen MR) is 30.7 cm³/mol. The van der Waals surface area contributed by atoms with Crippen LogP contribution in [0.3, 0.4) is 0 Å². The van der Waals surface area contributed by atoms with Crippen LogP contribution in [0.5, 0.6) is 0 Å². The van der Waals surface area contributed by atoms with Gasteiger partial charge in [0.2, 0.25) is 0 Å². The molecular weight excluding hydrogens is 120 g/mol. The Hall–Kier alpha value is -0.570. The molecule has 0 saturated carbocycles. The Morgan fingerprint density at radius 2 is 2.56 bits per heavy atom. The molecule has 0 aliphatic carbocycles. The average molecular weight is 130 g/mol. The molecule has 1 fully saturated rings. The molecule has 1 rings (SSSR count). The zero-order valence-corrected chi connectivity index (χ0v) is 5.33. The van der Waals surface area contributed by atoms with Crippen molar-refractivity contribution in [1.29, 1.82) is 0 Å². The van der Waals surface area contributed by atoms with E-state index >= 15 is 0 Å². The minimum atomic E-state index is -0.193.